The van der Waals surface area contributed by atoms with E-state index < -0.39 is 0 Å². The number of rotatable bonds is 1. The van der Waals surface area contributed by atoms with Gasteiger partial charge in [-0.3, -0.25) is 4.99 Å². The lowest BCUT2D eigenvalue weighted by atomic mass is 10.0. The summed E-state index contributed by atoms with van der Waals surface area (Å²) >= 11 is 6.02. The Kier molecular flexibility index (Phi) is 2.23. The zero-order valence-corrected chi connectivity index (χ0v) is 8.08. The van der Waals surface area contributed by atoms with Gasteiger partial charge in [0.25, 0.3) is 0 Å². The molecule has 1 unspecified atom stereocenters. The molecule has 2 nitrogen and oxygen atoms in total. The van der Waals surface area contributed by atoms with Crippen LogP contribution in [-0.2, 0) is 6.42 Å². The van der Waals surface area contributed by atoms with Gasteiger partial charge in [0.15, 0.2) is 0 Å². The minimum absolute atomic E-state index is 0.251. The van der Waals surface area contributed by atoms with E-state index in [0.717, 1.165) is 23.3 Å². The lowest BCUT2D eigenvalue weighted by Crippen LogP contribution is -2.05. The van der Waals surface area contributed by atoms with Crippen LogP contribution in [0.25, 0.3) is 0 Å². The number of alkyl halides is 1. The quantitative estimate of drug-likeness (QED) is 0.499. The summed E-state index contributed by atoms with van der Waals surface area (Å²) in [7, 11) is 1.67. The molecule has 0 saturated carbocycles. The molecule has 1 aliphatic heterocycles. The topological polar surface area (TPSA) is 21.6 Å². The molecule has 0 amide bonds. The highest BCUT2D eigenvalue weighted by molar-refractivity contribution is 6.21. The standard InChI is InChI=1S/C10H10ClNO/c1-13-9-4-2-3-8-7(9)5-6-12-10(8)11/h2-4,6,10H,5H2,1H3. The van der Waals surface area contributed by atoms with Crippen molar-refractivity contribution in [2.24, 2.45) is 4.99 Å². The van der Waals surface area contributed by atoms with Gasteiger partial charge in [0.1, 0.15) is 11.3 Å². The van der Waals surface area contributed by atoms with E-state index in [2.05, 4.69) is 4.99 Å². The number of fused-ring (bicyclic) bond motifs is 1. The van der Waals surface area contributed by atoms with Crippen molar-refractivity contribution in [1.29, 1.82) is 0 Å². The molecule has 0 radical (unpaired) electrons. The molecule has 0 aliphatic carbocycles. The zero-order valence-electron chi connectivity index (χ0n) is 7.33. The van der Waals surface area contributed by atoms with E-state index in [1.165, 1.54) is 0 Å². The molecule has 0 N–H and O–H groups in total. The fourth-order valence-corrected chi connectivity index (χ4v) is 1.82. The van der Waals surface area contributed by atoms with Crippen LogP contribution in [0.15, 0.2) is 23.2 Å². The number of ether oxygens (including phenoxy) is 1. The lowest BCUT2D eigenvalue weighted by Gasteiger charge is -2.17. The van der Waals surface area contributed by atoms with Gasteiger partial charge in [0, 0.05) is 18.2 Å². The third-order valence-electron chi connectivity index (χ3n) is 2.18. The second-order valence-electron chi connectivity index (χ2n) is 2.90. The Morgan fingerprint density at radius 2 is 2.38 bits per heavy atom. The van der Waals surface area contributed by atoms with Crippen LogP contribution in [0.5, 0.6) is 5.75 Å². The summed E-state index contributed by atoms with van der Waals surface area (Å²) in [5, 5.41) is 0. The van der Waals surface area contributed by atoms with Gasteiger partial charge in [-0.05, 0) is 11.6 Å². The highest BCUT2D eigenvalue weighted by Gasteiger charge is 2.17. The molecule has 1 aliphatic rings. The Balaban J connectivity index is 2.52. The summed E-state index contributed by atoms with van der Waals surface area (Å²) in [6.45, 7) is 0. The Morgan fingerprint density at radius 3 is 3.15 bits per heavy atom. The summed E-state index contributed by atoms with van der Waals surface area (Å²) < 4.78 is 5.24. The molecular formula is C10H10ClNO. The van der Waals surface area contributed by atoms with Gasteiger partial charge in [-0.2, -0.15) is 0 Å². The molecular weight excluding hydrogens is 186 g/mol. The number of methoxy groups -OCH3 is 1. The van der Waals surface area contributed by atoms with E-state index in [-0.39, 0.29) is 5.50 Å². The molecule has 0 spiro atoms. The molecule has 1 aromatic carbocycles. The maximum absolute atomic E-state index is 6.02. The number of benzene rings is 1. The molecule has 3 heteroatoms. The highest BCUT2D eigenvalue weighted by atomic mass is 35.5. The van der Waals surface area contributed by atoms with Crippen molar-refractivity contribution in [2.45, 2.75) is 11.9 Å². The predicted molar refractivity (Wildman–Crippen MR) is 53.8 cm³/mol. The summed E-state index contributed by atoms with van der Waals surface area (Å²) in [6.07, 6.45) is 2.64. The molecule has 0 fully saturated rings. The molecule has 1 aromatic rings. The summed E-state index contributed by atoms with van der Waals surface area (Å²) in [4.78, 5) is 4.13. The van der Waals surface area contributed by atoms with Gasteiger partial charge in [-0.1, -0.05) is 23.7 Å². The van der Waals surface area contributed by atoms with Crippen molar-refractivity contribution >= 4 is 17.8 Å². The van der Waals surface area contributed by atoms with Gasteiger partial charge >= 0.3 is 0 Å². The van der Waals surface area contributed by atoms with Crippen molar-refractivity contribution < 1.29 is 4.74 Å². The van der Waals surface area contributed by atoms with Crippen molar-refractivity contribution in [3.63, 3.8) is 0 Å². The van der Waals surface area contributed by atoms with E-state index >= 15 is 0 Å². The molecule has 1 atom stereocenters. The van der Waals surface area contributed by atoms with Crippen LogP contribution in [0.3, 0.4) is 0 Å². The number of halogens is 1. The van der Waals surface area contributed by atoms with Crippen LogP contribution < -0.4 is 4.74 Å². The zero-order chi connectivity index (χ0) is 9.26. The fourth-order valence-electron chi connectivity index (χ4n) is 1.53. The molecule has 13 heavy (non-hydrogen) atoms. The number of hydrogen-bond donors (Lipinski definition) is 0. The third-order valence-corrected chi connectivity index (χ3v) is 2.53. The minimum atomic E-state index is -0.251. The van der Waals surface area contributed by atoms with Crippen LogP contribution in [0.2, 0.25) is 0 Å². The first-order valence-corrected chi connectivity index (χ1v) is 4.58. The molecule has 68 valence electrons. The molecule has 0 saturated heterocycles. The first kappa shape index (κ1) is 8.57. The highest BCUT2D eigenvalue weighted by Crippen LogP contribution is 2.33. The molecule has 0 aromatic heterocycles. The molecule has 0 bridgehead atoms. The van der Waals surface area contributed by atoms with Gasteiger partial charge in [0.2, 0.25) is 0 Å². The van der Waals surface area contributed by atoms with Crippen LogP contribution in [-0.4, -0.2) is 13.3 Å². The lowest BCUT2D eigenvalue weighted by molar-refractivity contribution is 0.410. The van der Waals surface area contributed by atoms with E-state index in [9.17, 15) is 0 Å². The minimum Gasteiger partial charge on any atom is -0.496 e. The van der Waals surface area contributed by atoms with Gasteiger partial charge in [0.05, 0.1) is 7.11 Å². The maximum Gasteiger partial charge on any atom is 0.148 e. The predicted octanol–water partition coefficient (Wildman–Crippen LogP) is 2.56. The van der Waals surface area contributed by atoms with E-state index in [1.807, 2.05) is 24.4 Å². The molecule has 2 rings (SSSR count). The second kappa shape index (κ2) is 3.38. The SMILES string of the molecule is COc1cccc2c1CC=NC2Cl. The number of nitrogens with zero attached hydrogens (tertiary/aromatic N) is 1. The molecule has 1 heterocycles. The average Bonchev–Trinajstić information content (AvgIpc) is 2.18. The van der Waals surface area contributed by atoms with Crippen molar-refractivity contribution in [1.82, 2.24) is 0 Å². The number of hydrogen-bond acceptors (Lipinski definition) is 2. The van der Waals surface area contributed by atoms with Crippen molar-refractivity contribution in [2.75, 3.05) is 7.11 Å². The Hall–Kier alpha value is -1.02. The smallest absolute Gasteiger partial charge is 0.148 e. The van der Waals surface area contributed by atoms with E-state index in [1.54, 1.807) is 7.11 Å². The largest absolute Gasteiger partial charge is 0.496 e. The Labute approximate surface area is 82.2 Å². The van der Waals surface area contributed by atoms with Crippen LogP contribution in [0.4, 0.5) is 0 Å². The Morgan fingerprint density at radius 1 is 1.54 bits per heavy atom. The third kappa shape index (κ3) is 1.42. The van der Waals surface area contributed by atoms with Crippen LogP contribution in [0, 0.1) is 0 Å². The first-order chi connectivity index (χ1) is 6.33. The summed E-state index contributed by atoms with van der Waals surface area (Å²) in [6, 6.07) is 5.88. The average molecular weight is 196 g/mol. The fraction of sp³-hybridized carbons (Fsp3) is 0.300. The Bertz CT molecular complexity index is 349. The van der Waals surface area contributed by atoms with Crippen LogP contribution in [0.1, 0.15) is 16.6 Å². The monoisotopic (exact) mass is 195 g/mol. The second-order valence-corrected chi connectivity index (χ2v) is 3.31. The van der Waals surface area contributed by atoms with Crippen molar-refractivity contribution in [3.8, 4) is 5.75 Å². The first-order valence-electron chi connectivity index (χ1n) is 4.14. The normalized spacial score (nSPS) is 19.7. The van der Waals surface area contributed by atoms with Gasteiger partial charge in [-0.25, -0.2) is 0 Å². The summed E-state index contributed by atoms with van der Waals surface area (Å²) in [5.74, 6) is 0.898. The summed E-state index contributed by atoms with van der Waals surface area (Å²) in [5.41, 5.74) is 1.96. The van der Waals surface area contributed by atoms with E-state index in [4.69, 9.17) is 16.3 Å². The van der Waals surface area contributed by atoms with Gasteiger partial charge < -0.3 is 4.74 Å². The maximum atomic E-state index is 6.02. The van der Waals surface area contributed by atoms with Crippen LogP contribution >= 0.6 is 11.6 Å². The van der Waals surface area contributed by atoms with Crippen molar-refractivity contribution in [3.05, 3.63) is 29.3 Å². The number of aliphatic imine (C=N–C) groups is 1. The van der Waals surface area contributed by atoms with Gasteiger partial charge in [-0.15, -0.1) is 0 Å². The van der Waals surface area contributed by atoms with E-state index in [0.29, 0.717) is 0 Å².